The Morgan fingerprint density at radius 3 is 2.58 bits per heavy atom. The Morgan fingerprint density at radius 2 is 1.94 bits per heavy atom. The molecule has 0 radical (unpaired) electrons. The molecule has 0 saturated carbocycles. The zero-order valence-corrected chi connectivity index (χ0v) is 17.6. The van der Waals surface area contributed by atoms with Crippen molar-refractivity contribution in [1.82, 2.24) is 15.0 Å². The van der Waals surface area contributed by atoms with Gasteiger partial charge in [-0.15, -0.1) is 0 Å². The highest BCUT2D eigenvalue weighted by atomic mass is 16.5. The Bertz CT molecular complexity index is 1250. The smallest absolute Gasteiger partial charge is 0.255 e. The number of benzene rings is 1. The SMILES string of the molecule is [C-]#[N+]c1cnc(Nc2ccc(OC)nc2)nc1N(C(=O)C=C)c1cccc(NC(=O)C=C)c1. The van der Waals surface area contributed by atoms with Crippen LogP contribution in [0.3, 0.4) is 0 Å². The number of nitrogens with one attached hydrogen (secondary N) is 2. The van der Waals surface area contributed by atoms with Crippen LogP contribution in [-0.2, 0) is 9.59 Å². The molecule has 10 heteroatoms. The minimum Gasteiger partial charge on any atom is -0.481 e. The molecule has 0 spiro atoms. The van der Waals surface area contributed by atoms with E-state index in [9.17, 15) is 9.59 Å². The second-order valence-electron chi connectivity index (χ2n) is 6.35. The van der Waals surface area contributed by atoms with E-state index in [-0.39, 0.29) is 17.5 Å². The predicted octanol–water partition coefficient (Wildman–Crippen LogP) is 4.15. The van der Waals surface area contributed by atoms with Crippen LogP contribution in [0.15, 0.2) is 74.1 Å². The molecule has 3 rings (SSSR count). The number of hydrogen-bond acceptors (Lipinski definition) is 7. The summed E-state index contributed by atoms with van der Waals surface area (Å²) >= 11 is 0. The van der Waals surface area contributed by atoms with Crippen LogP contribution in [0.1, 0.15) is 0 Å². The van der Waals surface area contributed by atoms with Gasteiger partial charge in [-0.05, 0) is 36.4 Å². The van der Waals surface area contributed by atoms with Gasteiger partial charge in [0.05, 0.1) is 31.3 Å². The lowest BCUT2D eigenvalue weighted by Crippen LogP contribution is -2.25. The van der Waals surface area contributed by atoms with Crippen LogP contribution < -0.4 is 20.3 Å². The third kappa shape index (κ3) is 5.36. The van der Waals surface area contributed by atoms with E-state index < -0.39 is 11.8 Å². The number of hydrogen-bond donors (Lipinski definition) is 2. The second kappa shape index (κ2) is 10.3. The molecule has 2 heterocycles. The summed E-state index contributed by atoms with van der Waals surface area (Å²) in [6, 6.07) is 9.89. The largest absolute Gasteiger partial charge is 0.481 e. The van der Waals surface area contributed by atoms with Crippen molar-refractivity contribution in [3.05, 3.63) is 85.5 Å². The van der Waals surface area contributed by atoms with Gasteiger partial charge in [-0.2, -0.15) is 0 Å². The fourth-order valence-corrected chi connectivity index (χ4v) is 2.74. The van der Waals surface area contributed by atoms with Gasteiger partial charge in [0.2, 0.25) is 23.4 Å². The van der Waals surface area contributed by atoms with Gasteiger partial charge in [0.25, 0.3) is 5.91 Å². The molecule has 10 nitrogen and oxygen atoms in total. The van der Waals surface area contributed by atoms with Gasteiger partial charge in [-0.25, -0.2) is 19.8 Å². The van der Waals surface area contributed by atoms with Crippen molar-refractivity contribution in [3.63, 3.8) is 0 Å². The highest BCUT2D eigenvalue weighted by molar-refractivity contribution is 6.08. The second-order valence-corrected chi connectivity index (χ2v) is 6.35. The third-order valence-electron chi connectivity index (χ3n) is 4.24. The van der Waals surface area contributed by atoms with Crippen LogP contribution >= 0.6 is 0 Å². The van der Waals surface area contributed by atoms with Crippen molar-refractivity contribution in [2.45, 2.75) is 0 Å². The zero-order valence-electron chi connectivity index (χ0n) is 17.6. The molecule has 0 aliphatic carbocycles. The fourth-order valence-electron chi connectivity index (χ4n) is 2.74. The molecule has 164 valence electrons. The maximum absolute atomic E-state index is 12.8. The number of rotatable bonds is 8. The van der Waals surface area contributed by atoms with E-state index in [2.05, 4.69) is 43.6 Å². The molecule has 3 aromatic rings. The summed E-state index contributed by atoms with van der Waals surface area (Å²) in [6.45, 7) is 14.5. The summed E-state index contributed by atoms with van der Waals surface area (Å²) in [7, 11) is 1.51. The van der Waals surface area contributed by atoms with Crippen molar-refractivity contribution in [2.75, 3.05) is 22.6 Å². The third-order valence-corrected chi connectivity index (χ3v) is 4.24. The molecule has 0 aliphatic heterocycles. The standard InChI is InChI=1S/C23H19N7O3/c1-5-19(31)27-15-8-7-9-17(12-15)30(21(32)6-2)22-18(24-3)14-26-23(29-22)28-16-10-11-20(33-4)25-13-16/h5-14H,1-2H2,4H3,(H,27,31)(H,26,28,29). The summed E-state index contributed by atoms with van der Waals surface area (Å²) in [5, 5.41) is 5.61. The molecule has 0 unspecified atom stereocenters. The number of aromatic nitrogens is 3. The number of pyridine rings is 1. The first kappa shape index (κ1) is 22.6. The lowest BCUT2D eigenvalue weighted by molar-refractivity contribution is -0.113. The van der Waals surface area contributed by atoms with Gasteiger partial charge in [-0.3, -0.25) is 14.5 Å². The van der Waals surface area contributed by atoms with Gasteiger partial charge in [0.1, 0.15) is 0 Å². The van der Waals surface area contributed by atoms with Gasteiger partial charge < -0.3 is 15.4 Å². The average Bonchev–Trinajstić information content (AvgIpc) is 2.85. The molecule has 1 aromatic carbocycles. The Morgan fingerprint density at radius 1 is 1.12 bits per heavy atom. The molecule has 0 atom stereocenters. The average molecular weight is 441 g/mol. The van der Waals surface area contributed by atoms with E-state index in [1.165, 1.54) is 24.4 Å². The van der Waals surface area contributed by atoms with Crippen LogP contribution in [0.5, 0.6) is 5.88 Å². The minimum absolute atomic E-state index is 0.0427. The molecular weight excluding hydrogens is 422 g/mol. The Balaban J connectivity index is 2.04. The van der Waals surface area contributed by atoms with E-state index in [4.69, 9.17) is 11.3 Å². The molecule has 0 bridgehead atoms. The summed E-state index contributed by atoms with van der Waals surface area (Å²) in [5.74, 6) is -0.305. The first-order valence-electron chi connectivity index (χ1n) is 9.50. The molecule has 0 fully saturated rings. The summed E-state index contributed by atoms with van der Waals surface area (Å²) in [6.07, 6.45) is 5.07. The van der Waals surface area contributed by atoms with E-state index in [1.807, 2.05) is 0 Å². The Kier molecular flexibility index (Phi) is 7.08. The summed E-state index contributed by atoms with van der Waals surface area (Å²) in [5.41, 5.74) is 1.42. The molecule has 33 heavy (non-hydrogen) atoms. The number of carbonyl (C=O) groups excluding carboxylic acids is 2. The molecule has 2 aromatic heterocycles. The zero-order chi connectivity index (χ0) is 23.8. The maximum Gasteiger partial charge on any atom is 0.255 e. The van der Waals surface area contributed by atoms with Crippen molar-refractivity contribution < 1.29 is 14.3 Å². The number of carbonyl (C=O) groups is 2. The van der Waals surface area contributed by atoms with E-state index in [0.717, 1.165) is 12.2 Å². The van der Waals surface area contributed by atoms with Gasteiger partial charge in [0.15, 0.2) is 5.82 Å². The van der Waals surface area contributed by atoms with Crippen LogP contribution in [0, 0.1) is 6.57 Å². The van der Waals surface area contributed by atoms with Crippen LogP contribution in [0.25, 0.3) is 4.85 Å². The van der Waals surface area contributed by atoms with Gasteiger partial charge >= 0.3 is 0 Å². The highest BCUT2D eigenvalue weighted by Crippen LogP contribution is 2.34. The topological polar surface area (TPSA) is 114 Å². The highest BCUT2D eigenvalue weighted by Gasteiger charge is 2.22. The van der Waals surface area contributed by atoms with Crippen LogP contribution in [-0.4, -0.2) is 33.9 Å². The molecule has 0 aliphatic rings. The van der Waals surface area contributed by atoms with E-state index in [0.29, 0.717) is 22.9 Å². The Hall–Kier alpha value is -5.04. The van der Waals surface area contributed by atoms with Crippen molar-refractivity contribution in [1.29, 1.82) is 0 Å². The normalized spacial score (nSPS) is 9.82. The lowest BCUT2D eigenvalue weighted by Gasteiger charge is -2.22. The molecule has 0 saturated heterocycles. The first-order chi connectivity index (χ1) is 16.0. The number of amides is 2. The van der Waals surface area contributed by atoms with E-state index in [1.54, 1.807) is 36.4 Å². The number of nitrogens with zero attached hydrogens (tertiary/aromatic N) is 5. The summed E-state index contributed by atoms with van der Waals surface area (Å²) < 4.78 is 5.04. The van der Waals surface area contributed by atoms with Gasteiger partial charge in [-0.1, -0.05) is 19.2 Å². The monoisotopic (exact) mass is 441 g/mol. The maximum atomic E-state index is 12.8. The predicted molar refractivity (Wildman–Crippen MR) is 125 cm³/mol. The quantitative estimate of drug-likeness (QED) is 0.399. The van der Waals surface area contributed by atoms with Crippen molar-refractivity contribution in [3.8, 4) is 5.88 Å². The number of ether oxygens (including phenoxy) is 1. The van der Waals surface area contributed by atoms with Crippen molar-refractivity contribution in [2.24, 2.45) is 0 Å². The molecule has 2 amide bonds. The molecular formula is C23H19N7O3. The summed E-state index contributed by atoms with van der Waals surface area (Å²) in [4.78, 5) is 41.8. The van der Waals surface area contributed by atoms with Gasteiger partial charge in [0, 0.05) is 18.0 Å². The van der Waals surface area contributed by atoms with Crippen LogP contribution in [0.4, 0.5) is 34.5 Å². The first-order valence-corrected chi connectivity index (χ1v) is 9.50. The number of methoxy groups -OCH3 is 1. The fraction of sp³-hybridized carbons (Fsp3) is 0.0435. The minimum atomic E-state index is -0.525. The number of anilines is 5. The van der Waals surface area contributed by atoms with Crippen LogP contribution in [0.2, 0.25) is 0 Å². The van der Waals surface area contributed by atoms with Crippen molar-refractivity contribution >= 4 is 46.3 Å². The van der Waals surface area contributed by atoms with E-state index >= 15 is 0 Å². The molecule has 2 N–H and O–H groups in total. The lowest BCUT2D eigenvalue weighted by atomic mass is 10.2. The Labute approximate surface area is 190 Å².